The lowest BCUT2D eigenvalue weighted by Crippen LogP contribution is -2.48. The zero-order chi connectivity index (χ0) is 25.9. The van der Waals surface area contributed by atoms with E-state index < -0.39 is 0 Å². The van der Waals surface area contributed by atoms with Gasteiger partial charge in [-0.3, -0.25) is 9.69 Å². The van der Waals surface area contributed by atoms with Crippen molar-refractivity contribution in [2.45, 2.75) is 26.4 Å². The normalized spacial score (nSPS) is 13.8. The van der Waals surface area contributed by atoms with Gasteiger partial charge in [-0.2, -0.15) is 0 Å². The van der Waals surface area contributed by atoms with Crippen molar-refractivity contribution in [1.29, 1.82) is 0 Å². The molecule has 0 saturated carbocycles. The van der Waals surface area contributed by atoms with Crippen molar-refractivity contribution in [2.24, 2.45) is 0 Å². The number of hydrogen-bond donors (Lipinski definition) is 1. The average Bonchev–Trinajstić information content (AvgIpc) is 3.45. The molecule has 0 aliphatic carbocycles. The molecular weight excluding hydrogens is 484 g/mol. The first kappa shape index (κ1) is 26.9. The molecule has 3 aromatic rings. The molecule has 1 aromatic heterocycles. The lowest BCUT2D eigenvalue weighted by molar-refractivity contribution is -0.133. The molecule has 0 spiro atoms. The number of aryl methyl sites for hydroxylation is 1. The van der Waals surface area contributed by atoms with Crippen molar-refractivity contribution in [3.8, 4) is 0 Å². The molecule has 7 nitrogen and oxygen atoms in total. The van der Waals surface area contributed by atoms with Crippen molar-refractivity contribution >= 4 is 29.0 Å². The summed E-state index contributed by atoms with van der Waals surface area (Å²) in [5, 5.41) is 5.09. The fourth-order valence-corrected chi connectivity index (χ4v) is 5.09. The van der Waals surface area contributed by atoms with Crippen LogP contribution in [0.1, 0.15) is 22.9 Å². The van der Waals surface area contributed by atoms with Crippen molar-refractivity contribution < 1.29 is 14.3 Å². The van der Waals surface area contributed by atoms with Crippen LogP contribution in [0.25, 0.3) is 0 Å². The number of para-hydroxylation sites is 1. The number of morpholine rings is 1. The maximum absolute atomic E-state index is 13.7. The van der Waals surface area contributed by atoms with Gasteiger partial charge >= 0.3 is 6.03 Å². The molecule has 37 heavy (non-hydrogen) atoms. The molecule has 0 atom stereocenters. The van der Waals surface area contributed by atoms with Gasteiger partial charge in [0.2, 0.25) is 5.91 Å². The number of rotatable bonds is 11. The van der Waals surface area contributed by atoms with Gasteiger partial charge in [-0.15, -0.1) is 11.3 Å². The van der Waals surface area contributed by atoms with Gasteiger partial charge in [0.15, 0.2) is 0 Å². The number of nitrogens with zero attached hydrogens (tertiary/aromatic N) is 3. The van der Waals surface area contributed by atoms with Crippen molar-refractivity contribution in [3.05, 3.63) is 88.1 Å². The van der Waals surface area contributed by atoms with E-state index in [1.165, 1.54) is 0 Å². The number of ether oxygens (including phenoxy) is 1. The van der Waals surface area contributed by atoms with Gasteiger partial charge in [0.25, 0.3) is 0 Å². The number of carbonyl (C=O) groups excluding carboxylic acids is 2. The molecule has 196 valence electrons. The van der Waals surface area contributed by atoms with E-state index >= 15 is 0 Å². The van der Waals surface area contributed by atoms with E-state index in [2.05, 4.69) is 17.1 Å². The van der Waals surface area contributed by atoms with Gasteiger partial charge in [0.1, 0.15) is 6.54 Å². The molecule has 0 radical (unpaired) electrons. The molecule has 3 amide bonds. The van der Waals surface area contributed by atoms with Gasteiger partial charge in [0.05, 0.1) is 19.8 Å². The zero-order valence-electron chi connectivity index (χ0n) is 21.5. The number of hydrogen-bond acceptors (Lipinski definition) is 5. The Balaban J connectivity index is 1.50. The standard InChI is InChI=1S/C29H36N4O3S/c1-2-25-11-6-7-13-27(25)30-29(35)32(15-14-31-16-18-36-19-17-31)23-28(34)33(22-26-12-8-20-37-26)21-24-9-4-3-5-10-24/h3-13,20H,2,14-19,21-23H2,1H3,(H,30,35). The minimum Gasteiger partial charge on any atom is -0.379 e. The summed E-state index contributed by atoms with van der Waals surface area (Å²) in [5.74, 6) is -0.0712. The van der Waals surface area contributed by atoms with E-state index in [-0.39, 0.29) is 18.5 Å². The third-order valence-electron chi connectivity index (χ3n) is 6.54. The van der Waals surface area contributed by atoms with Gasteiger partial charge in [-0.1, -0.05) is 61.5 Å². The minimum absolute atomic E-state index is 0.0165. The summed E-state index contributed by atoms with van der Waals surface area (Å²) < 4.78 is 5.47. The van der Waals surface area contributed by atoms with Crippen molar-refractivity contribution in [2.75, 3.05) is 51.3 Å². The number of thiophene rings is 1. The average molecular weight is 521 g/mol. The van der Waals surface area contributed by atoms with Crippen LogP contribution in [0.5, 0.6) is 0 Å². The minimum atomic E-state index is -0.252. The second-order valence-electron chi connectivity index (χ2n) is 9.13. The van der Waals surface area contributed by atoms with Crippen LogP contribution in [-0.2, 0) is 29.0 Å². The summed E-state index contributed by atoms with van der Waals surface area (Å²) in [5.41, 5.74) is 2.92. The lowest BCUT2D eigenvalue weighted by atomic mass is 10.1. The predicted molar refractivity (Wildman–Crippen MR) is 149 cm³/mol. The molecule has 4 rings (SSSR count). The number of benzene rings is 2. The Morgan fingerprint density at radius 2 is 1.70 bits per heavy atom. The largest absolute Gasteiger partial charge is 0.379 e. The van der Waals surface area contributed by atoms with E-state index in [0.717, 1.165) is 41.2 Å². The molecular formula is C29H36N4O3S. The first-order valence-electron chi connectivity index (χ1n) is 12.9. The molecule has 2 aromatic carbocycles. The molecule has 8 heteroatoms. The molecule has 1 aliphatic heterocycles. The van der Waals surface area contributed by atoms with Crippen LogP contribution >= 0.6 is 11.3 Å². The second kappa shape index (κ2) is 13.9. The van der Waals surface area contributed by atoms with Crippen LogP contribution in [0.3, 0.4) is 0 Å². The fraction of sp³-hybridized carbons (Fsp3) is 0.379. The second-order valence-corrected chi connectivity index (χ2v) is 10.2. The van der Waals surface area contributed by atoms with Gasteiger partial charge in [0, 0.05) is 43.3 Å². The molecule has 0 unspecified atom stereocenters. The van der Waals surface area contributed by atoms with Crippen LogP contribution in [0.15, 0.2) is 72.1 Å². The van der Waals surface area contributed by atoms with Gasteiger partial charge in [-0.05, 0) is 35.1 Å². The summed E-state index contributed by atoms with van der Waals surface area (Å²) in [7, 11) is 0. The Labute approximate surface area is 223 Å². The topological polar surface area (TPSA) is 65.1 Å². The monoisotopic (exact) mass is 520 g/mol. The summed E-state index contributed by atoms with van der Waals surface area (Å²) in [6, 6.07) is 21.6. The summed E-state index contributed by atoms with van der Waals surface area (Å²) in [6.07, 6.45) is 0.814. The maximum atomic E-state index is 13.7. The van der Waals surface area contributed by atoms with E-state index in [1.807, 2.05) is 77.0 Å². The van der Waals surface area contributed by atoms with E-state index in [4.69, 9.17) is 4.74 Å². The Bertz CT molecular complexity index is 1120. The molecule has 1 N–H and O–H groups in total. The molecule has 1 fully saturated rings. The summed E-state index contributed by atoms with van der Waals surface area (Å²) in [6.45, 7) is 7.31. The highest BCUT2D eigenvalue weighted by atomic mass is 32.1. The van der Waals surface area contributed by atoms with E-state index in [0.29, 0.717) is 39.4 Å². The van der Waals surface area contributed by atoms with Crippen molar-refractivity contribution in [1.82, 2.24) is 14.7 Å². The quantitative estimate of drug-likeness (QED) is 0.398. The van der Waals surface area contributed by atoms with Crippen LogP contribution < -0.4 is 5.32 Å². The lowest BCUT2D eigenvalue weighted by Gasteiger charge is -2.31. The Morgan fingerprint density at radius 3 is 2.43 bits per heavy atom. The Morgan fingerprint density at radius 1 is 0.946 bits per heavy atom. The van der Waals surface area contributed by atoms with Gasteiger partial charge < -0.3 is 19.9 Å². The zero-order valence-corrected chi connectivity index (χ0v) is 22.3. The van der Waals surface area contributed by atoms with Gasteiger partial charge in [-0.25, -0.2) is 4.79 Å². The third kappa shape index (κ3) is 8.15. The fourth-order valence-electron chi connectivity index (χ4n) is 4.37. The molecule has 2 heterocycles. The van der Waals surface area contributed by atoms with E-state index in [1.54, 1.807) is 16.2 Å². The van der Waals surface area contributed by atoms with E-state index in [9.17, 15) is 9.59 Å². The first-order valence-corrected chi connectivity index (χ1v) is 13.8. The number of urea groups is 1. The van der Waals surface area contributed by atoms with Crippen LogP contribution in [0, 0.1) is 0 Å². The van der Waals surface area contributed by atoms with Crippen LogP contribution in [-0.4, -0.2) is 72.6 Å². The highest BCUT2D eigenvalue weighted by Gasteiger charge is 2.24. The molecule has 1 aliphatic rings. The van der Waals surface area contributed by atoms with Crippen molar-refractivity contribution in [3.63, 3.8) is 0 Å². The Kier molecular flexibility index (Phi) is 10.1. The molecule has 0 bridgehead atoms. The summed E-state index contributed by atoms with van der Waals surface area (Å²) in [4.78, 5) is 34.1. The van der Waals surface area contributed by atoms with Crippen LogP contribution in [0.4, 0.5) is 10.5 Å². The predicted octanol–water partition coefficient (Wildman–Crippen LogP) is 4.71. The number of anilines is 1. The number of carbonyl (C=O) groups is 2. The summed E-state index contributed by atoms with van der Waals surface area (Å²) >= 11 is 1.63. The maximum Gasteiger partial charge on any atom is 0.322 e. The highest BCUT2D eigenvalue weighted by molar-refractivity contribution is 7.09. The highest BCUT2D eigenvalue weighted by Crippen LogP contribution is 2.18. The first-order chi connectivity index (χ1) is 18.1. The SMILES string of the molecule is CCc1ccccc1NC(=O)N(CCN1CCOCC1)CC(=O)N(Cc1ccccc1)Cc1cccs1. The number of nitrogens with one attached hydrogen (secondary N) is 1. The number of amides is 3. The smallest absolute Gasteiger partial charge is 0.322 e. The molecule has 1 saturated heterocycles. The van der Waals surface area contributed by atoms with Crippen LogP contribution in [0.2, 0.25) is 0 Å². The third-order valence-corrected chi connectivity index (χ3v) is 7.40. The Hall–Kier alpha value is -3.20.